The highest BCUT2D eigenvalue weighted by Gasteiger charge is 2.33. The highest BCUT2D eigenvalue weighted by molar-refractivity contribution is 6.33. The van der Waals surface area contributed by atoms with Crippen molar-refractivity contribution in [2.75, 3.05) is 11.4 Å². The van der Waals surface area contributed by atoms with Crippen molar-refractivity contribution in [1.29, 1.82) is 0 Å². The number of amides is 1. The van der Waals surface area contributed by atoms with Gasteiger partial charge in [-0.15, -0.1) is 0 Å². The molecule has 1 N–H and O–H groups in total. The molecule has 22 heavy (non-hydrogen) atoms. The summed E-state index contributed by atoms with van der Waals surface area (Å²) in [5.41, 5.74) is 0.790. The van der Waals surface area contributed by atoms with Crippen LogP contribution < -0.4 is 10.2 Å². The Morgan fingerprint density at radius 3 is 2.95 bits per heavy atom. The summed E-state index contributed by atoms with van der Waals surface area (Å²) in [6.45, 7) is 3.49. The predicted molar refractivity (Wildman–Crippen MR) is 87.0 cm³/mol. The van der Waals surface area contributed by atoms with Gasteiger partial charge >= 0.3 is 0 Å². The van der Waals surface area contributed by atoms with Crippen LogP contribution in [-0.4, -0.2) is 34.3 Å². The minimum atomic E-state index is -0.165. The summed E-state index contributed by atoms with van der Waals surface area (Å²) in [4.78, 5) is 14.3. The zero-order valence-corrected chi connectivity index (χ0v) is 13.2. The van der Waals surface area contributed by atoms with E-state index in [1.165, 1.54) is 0 Å². The van der Waals surface area contributed by atoms with E-state index in [4.69, 9.17) is 11.6 Å². The van der Waals surface area contributed by atoms with E-state index in [-0.39, 0.29) is 18.0 Å². The number of nitrogens with zero attached hydrogens (tertiary/aromatic N) is 3. The maximum absolute atomic E-state index is 12.6. The Kier molecular flexibility index (Phi) is 4.45. The lowest BCUT2D eigenvalue weighted by atomic mass is 10.2. The number of hydrogen-bond donors (Lipinski definition) is 1. The molecule has 0 unspecified atom stereocenters. The molecule has 3 rings (SSSR count). The molecule has 2 aromatic rings. The topological polar surface area (TPSA) is 50.2 Å². The highest BCUT2D eigenvalue weighted by atomic mass is 35.5. The maximum Gasteiger partial charge on any atom is 0.244 e. The third-order valence-corrected chi connectivity index (χ3v) is 4.17. The molecule has 1 saturated heterocycles. The zero-order valence-electron chi connectivity index (χ0n) is 12.4. The van der Waals surface area contributed by atoms with Crippen LogP contribution in [0.15, 0.2) is 42.7 Å². The number of anilines is 1. The number of hydrogen-bond acceptors (Lipinski definition) is 3. The molecule has 0 spiro atoms. The summed E-state index contributed by atoms with van der Waals surface area (Å²) in [6.07, 6.45) is 4.46. The van der Waals surface area contributed by atoms with Crippen LogP contribution in [0.2, 0.25) is 5.02 Å². The lowest BCUT2D eigenvalue weighted by Gasteiger charge is -2.21. The molecule has 1 aromatic heterocycles. The second-order valence-corrected chi connectivity index (χ2v) is 5.99. The molecule has 2 heterocycles. The average molecular weight is 319 g/mol. The second-order valence-electron chi connectivity index (χ2n) is 5.58. The number of benzene rings is 1. The van der Waals surface area contributed by atoms with Gasteiger partial charge in [-0.05, 0) is 31.5 Å². The first-order chi connectivity index (χ1) is 10.6. The van der Waals surface area contributed by atoms with E-state index in [1.807, 2.05) is 41.2 Å². The van der Waals surface area contributed by atoms with Gasteiger partial charge in [0.25, 0.3) is 0 Å². The van der Waals surface area contributed by atoms with Crippen LogP contribution in [0.1, 0.15) is 13.3 Å². The summed E-state index contributed by atoms with van der Waals surface area (Å²) >= 11 is 6.19. The number of carbonyl (C=O) groups is 1. The third kappa shape index (κ3) is 3.15. The van der Waals surface area contributed by atoms with Crippen LogP contribution >= 0.6 is 11.6 Å². The van der Waals surface area contributed by atoms with Crippen LogP contribution in [0.25, 0.3) is 0 Å². The monoisotopic (exact) mass is 318 g/mol. The van der Waals surface area contributed by atoms with Crippen molar-refractivity contribution in [3.63, 3.8) is 0 Å². The predicted octanol–water partition coefficient (Wildman–Crippen LogP) is 2.32. The first-order valence-electron chi connectivity index (χ1n) is 7.44. The molecule has 1 amide bonds. The normalized spacial score (nSPS) is 19.6. The summed E-state index contributed by atoms with van der Waals surface area (Å²) in [5.74, 6) is 0.0837. The molecule has 1 aromatic carbocycles. The number of carbonyl (C=O) groups excluding carboxylic acids is 1. The quantitative estimate of drug-likeness (QED) is 0.920. The lowest BCUT2D eigenvalue weighted by molar-refractivity contribution is -0.119. The largest absolute Gasteiger partial charge is 0.310 e. The van der Waals surface area contributed by atoms with E-state index in [2.05, 4.69) is 17.3 Å². The van der Waals surface area contributed by atoms with Gasteiger partial charge in [-0.2, -0.15) is 5.10 Å². The Bertz CT molecular complexity index is 643. The van der Waals surface area contributed by atoms with Crippen molar-refractivity contribution in [2.24, 2.45) is 0 Å². The Morgan fingerprint density at radius 2 is 2.23 bits per heavy atom. The van der Waals surface area contributed by atoms with Gasteiger partial charge in [-0.25, -0.2) is 0 Å². The van der Waals surface area contributed by atoms with E-state index in [1.54, 1.807) is 11.1 Å². The van der Waals surface area contributed by atoms with E-state index >= 15 is 0 Å². The zero-order chi connectivity index (χ0) is 15.5. The molecule has 0 aliphatic carbocycles. The Hall–Kier alpha value is -1.85. The van der Waals surface area contributed by atoms with Gasteiger partial charge in [0.15, 0.2) is 0 Å². The fourth-order valence-electron chi connectivity index (χ4n) is 2.83. The van der Waals surface area contributed by atoms with Gasteiger partial charge in [-0.3, -0.25) is 9.48 Å². The van der Waals surface area contributed by atoms with Crippen LogP contribution in [0.3, 0.4) is 0 Å². The highest BCUT2D eigenvalue weighted by Crippen LogP contribution is 2.29. The van der Waals surface area contributed by atoms with Crippen LogP contribution in [0.5, 0.6) is 0 Å². The minimum absolute atomic E-state index is 0.0837. The van der Waals surface area contributed by atoms with E-state index < -0.39 is 0 Å². The van der Waals surface area contributed by atoms with Crippen molar-refractivity contribution in [2.45, 2.75) is 32.0 Å². The molecule has 1 aliphatic heterocycles. The molecule has 0 bridgehead atoms. The van der Waals surface area contributed by atoms with Crippen molar-refractivity contribution in [1.82, 2.24) is 15.1 Å². The molecular weight excluding hydrogens is 300 g/mol. The van der Waals surface area contributed by atoms with Gasteiger partial charge in [-0.1, -0.05) is 23.7 Å². The second kappa shape index (κ2) is 6.50. The molecule has 5 nitrogen and oxygen atoms in total. The van der Waals surface area contributed by atoms with E-state index in [0.717, 1.165) is 18.7 Å². The number of aromatic nitrogens is 2. The number of halogens is 1. The smallest absolute Gasteiger partial charge is 0.244 e. The van der Waals surface area contributed by atoms with Crippen molar-refractivity contribution in [3.8, 4) is 0 Å². The standard InChI is InChI=1S/C16H19ClN4O/c1-12(11-20-9-4-8-18-20)19-14-7-10-21(16(14)22)15-6-3-2-5-13(15)17/h2-6,8-9,12,14,19H,7,10-11H2,1H3/t12-,14-/m1/s1. The fraction of sp³-hybridized carbons (Fsp3) is 0.375. The molecule has 2 atom stereocenters. The minimum Gasteiger partial charge on any atom is -0.310 e. The molecule has 0 radical (unpaired) electrons. The van der Waals surface area contributed by atoms with Gasteiger partial charge in [0.05, 0.1) is 23.3 Å². The molecular formula is C16H19ClN4O. The molecule has 116 valence electrons. The maximum atomic E-state index is 12.6. The number of nitrogens with one attached hydrogen (secondary N) is 1. The fourth-order valence-corrected chi connectivity index (χ4v) is 3.07. The number of para-hydroxylation sites is 1. The SMILES string of the molecule is C[C@H](Cn1cccn1)N[C@@H]1CCN(c2ccccc2Cl)C1=O. The molecule has 1 aliphatic rings. The summed E-state index contributed by atoms with van der Waals surface area (Å²) in [6, 6.07) is 9.36. The van der Waals surface area contributed by atoms with E-state index in [9.17, 15) is 4.79 Å². The lowest BCUT2D eigenvalue weighted by Crippen LogP contribution is -2.44. The molecule has 1 fully saturated rings. The third-order valence-electron chi connectivity index (χ3n) is 3.85. The van der Waals surface area contributed by atoms with Gasteiger partial charge in [0, 0.05) is 25.0 Å². The van der Waals surface area contributed by atoms with Crippen molar-refractivity contribution in [3.05, 3.63) is 47.7 Å². The number of rotatable bonds is 5. The van der Waals surface area contributed by atoms with Crippen molar-refractivity contribution < 1.29 is 4.79 Å². The van der Waals surface area contributed by atoms with Crippen LogP contribution in [-0.2, 0) is 11.3 Å². The summed E-state index contributed by atoms with van der Waals surface area (Å²) in [5, 5.41) is 8.19. The molecule has 0 saturated carbocycles. The summed E-state index contributed by atoms with van der Waals surface area (Å²) in [7, 11) is 0. The first kappa shape index (κ1) is 15.1. The molecule has 6 heteroatoms. The van der Waals surface area contributed by atoms with Crippen LogP contribution in [0, 0.1) is 0 Å². The van der Waals surface area contributed by atoms with Crippen LogP contribution in [0.4, 0.5) is 5.69 Å². The van der Waals surface area contributed by atoms with E-state index in [0.29, 0.717) is 11.6 Å². The first-order valence-corrected chi connectivity index (χ1v) is 7.82. The van der Waals surface area contributed by atoms with Gasteiger partial charge < -0.3 is 10.2 Å². The van der Waals surface area contributed by atoms with Gasteiger partial charge in [0.1, 0.15) is 0 Å². The average Bonchev–Trinajstić information content (AvgIpc) is 3.11. The Labute approximate surface area is 134 Å². The Morgan fingerprint density at radius 1 is 1.41 bits per heavy atom. The summed E-state index contributed by atoms with van der Waals surface area (Å²) < 4.78 is 1.86. The van der Waals surface area contributed by atoms with Crippen molar-refractivity contribution >= 4 is 23.2 Å². The van der Waals surface area contributed by atoms with Gasteiger partial charge in [0.2, 0.25) is 5.91 Å². The Balaban J connectivity index is 1.63.